The lowest BCUT2D eigenvalue weighted by Crippen LogP contribution is -2.27. The number of hydrogen-bond acceptors (Lipinski definition) is 4. The Morgan fingerprint density at radius 3 is 1.26 bits per heavy atom. The summed E-state index contributed by atoms with van der Waals surface area (Å²) in [6, 6.07) is 0. The number of carbonyl (C=O) groups is 1. The van der Waals surface area contributed by atoms with Gasteiger partial charge in [0, 0.05) is 13.0 Å². The first-order valence-corrected chi connectivity index (χ1v) is 22.7. The van der Waals surface area contributed by atoms with E-state index in [1.54, 1.807) is 0 Å². The molecule has 4 nitrogen and oxygen atoms in total. The third kappa shape index (κ3) is 44.0. The molecule has 0 aromatic carbocycles. The quantitative estimate of drug-likeness (QED) is 0.0384. The molecule has 0 saturated carbocycles. The normalized spacial score (nSPS) is 13.2. The summed E-state index contributed by atoms with van der Waals surface area (Å²) in [4.78, 5) is 12.2. The van der Waals surface area contributed by atoms with Gasteiger partial charge in [-0.15, -0.1) is 0 Å². The van der Waals surface area contributed by atoms with Crippen molar-refractivity contribution in [3.05, 3.63) is 85.1 Å². The summed E-state index contributed by atoms with van der Waals surface area (Å²) in [5.41, 5.74) is 0. The minimum atomic E-state index is -0.548. The number of ether oxygens (including phenoxy) is 2. The van der Waals surface area contributed by atoms with Crippen LogP contribution in [0.5, 0.6) is 0 Å². The molecule has 0 bridgehead atoms. The first-order valence-electron chi connectivity index (χ1n) is 22.7. The number of hydrogen-bond donors (Lipinski definition) is 1. The fraction of sp³-hybridized carbons (Fsp3) is 0.700. The van der Waals surface area contributed by atoms with E-state index < -0.39 is 6.10 Å². The molecule has 0 fully saturated rings. The van der Waals surface area contributed by atoms with Gasteiger partial charge >= 0.3 is 5.97 Å². The van der Waals surface area contributed by atoms with E-state index in [-0.39, 0.29) is 19.2 Å². The number of aliphatic hydroxyl groups is 1. The van der Waals surface area contributed by atoms with Gasteiger partial charge in [-0.3, -0.25) is 4.79 Å². The van der Waals surface area contributed by atoms with Crippen molar-refractivity contribution in [3.63, 3.8) is 0 Å². The average Bonchev–Trinajstić information content (AvgIpc) is 3.18. The van der Waals surface area contributed by atoms with Crippen molar-refractivity contribution in [2.24, 2.45) is 0 Å². The van der Waals surface area contributed by atoms with Crippen molar-refractivity contribution in [2.75, 3.05) is 19.8 Å². The Hall–Kier alpha value is -2.43. The van der Waals surface area contributed by atoms with Crippen LogP contribution in [-0.4, -0.2) is 37.0 Å². The number of aliphatic hydroxyl groups excluding tert-OH is 1. The Bertz CT molecular complexity index is 969. The molecule has 4 heteroatoms. The zero-order valence-electron chi connectivity index (χ0n) is 35.5. The standard InChI is InChI=1S/C50H86O4/c1-3-5-7-9-11-13-15-17-19-21-22-23-24-25-26-27-28-29-31-33-35-37-39-41-43-45-50(52)54-49(47-51)48-53-46-44-42-40-38-36-34-32-30-20-18-16-14-12-10-8-6-4-2/h5,7,11,13-14,16-17,19-20,22-23,25-26,30,49,51H,3-4,6,8-10,12,15,18,21,24,27-29,31-48H2,1-2H3/b7-5-,13-11-,16-14-,19-17-,23-22-,26-25-,30-20-. The molecule has 0 radical (unpaired) electrons. The number of unbranched alkanes of at least 4 members (excludes halogenated alkanes) is 19. The summed E-state index contributed by atoms with van der Waals surface area (Å²) in [7, 11) is 0. The Kier molecular flexibility index (Phi) is 44.6. The molecular formula is C50H86O4. The third-order valence-electron chi connectivity index (χ3n) is 9.45. The molecule has 1 atom stereocenters. The maximum atomic E-state index is 12.2. The zero-order chi connectivity index (χ0) is 39.1. The predicted molar refractivity (Wildman–Crippen MR) is 237 cm³/mol. The van der Waals surface area contributed by atoms with E-state index in [0.29, 0.717) is 13.0 Å². The van der Waals surface area contributed by atoms with Crippen LogP contribution in [0.25, 0.3) is 0 Å². The number of rotatable bonds is 41. The molecule has 0 rings (SSSR count). The summed E-state index contributed by atoms with van der Waals surface area (Å²) in [6.45, 7) is 5.18. The molecular weight excluding hydrogens is 665 g/mol. The first kappa shape index (κ1) is 51.6. The minimum absolute atomic E-state index is 0.183. The molecule has 0 aromatic rings. The van der Waals surface area contributed by atoms with Crippen molar-refractivity contribution in [1.29, 1.82) is 0 Å². The highest BCUT2D eigenvalue weighted by atomic mass is 16.6. The van der Waals surface area contributed by atoms with Crippen molar-refractivity contribution in [1.82, 2.24) is 0 Å². The van der Waals surface area contributed by atoms with Gasteiger partial charge in [-0.2, -0.15) is 0 Å². The second-order valence-electron chi connectivity index (χ2n) is 14.7. The summed E-state index contributed by atoms with van der Waals surface area (Å²) in [5, 5.41) is 9.62. The monoisotopic (exact) mass is 751 g/mol. The fourth-order valence-electron chi connectivity index (χ4n) is 6.09. The van der Waals surface area contributed by atoms with Crippen LogP contribution in [0.15, 0.2) is 85.1 Å². The van der Waals surface area contributed by atoms with Crippen LogP contribution < -0.4 is 0 Å². The molecule has 0 spiro atoms. The van der Waals surface area contributed by atoms with Crippen molar-refractivity contribution < 1.29 is 19.4 Å². The largest absolute Gasteiger partial charge is 0.457 e. The second-order valence-corrected chi connectivity index (χ2v) is 14.7. The molecule has 0 aromatic heterocycles. The van der Waals surface area contributed by atoms with E-state index in [0.717, 1.165) is 64.2 Å². The molecule has 0 aliphatic heterocycles. The van der Waals surface area contributed by atoms with Crippen LogP contribution >= 0.6 is 0 Å². The van der Waals surface area contributed by atoms with Gasteiger partial charge in [0.25, 0.3) is 0 Å². The van der Waals surface area contributed by atoms with Crippen LogP contribution in [0.1, 0.15) is 200 Å². The average molecular weight is 751 g/mol. The Morgan fingerprint density at radius 2 is 0.833 bits per heavy atom. The maximum absolute atomic E-state index is 12.2. The molecule has 1 N–H and O–H groups in total. The summed E-state index contributed by atoms with van der Waals surface area (Å²) >= 11 is 0. The lowest BCUT2D eigenvalue weighted by Gasteiger charge is -2.15. The molecule has 0 amide bonds. The van der Waals surface area contributed by atoms with E-state index in [9.17, 15) is 9.90 Å². The van der Waals surface area contributed by atoms with Gasteiger partial charge < -0.3 is 14.6 Å². The summed E-state index contributed by atoms with van der Waals surface area (Å²) in [5.74, 6) is -0.214. The van der Waals surface area contributed by atoms with E-state index in [2.05, 4.69) is 98.9 Å². The van der Waals surface area contributed by atoms with Gasteiger partial charge in [-0.25, -0.2) is 0 Å². The van der Waals surface area contributed by atoms with Crippen LogP contribution in [-0.2, 0) is 14.3 Å². The molecule has 54 heavy (non-hydrogen) atoms. The van der Waals surface area contributed by atoms with Crippen molar-refractivity contribution in [3.8, 4) is 0 Å². The lowest BCUT2D eigenvalue weighted by atomic mass is 10.1. The van der Waals surface area contributed by atoms with Crippen molar-refractivity contribution in [2.45, 2.75) is 206 Å². The van der Waals surface area contributed by atoms with E-state index >= 15 is 0 Å². The summed E-state index contributed by atoms with van der Waals surface area (Å²) in [6.07, 6.45) is 65.0. The minimum Gasteiger partial charge on any atom is -0.457 e. The molecule has 0 saturated heterocycles. The highest BCUT2D eigenvalue weighted by molar-refractivity contribution is 5.69. The van der Waals surface area contributed by atoms with Gasteiger partial charge in [-0.1, -0.05) is 189 Å². The molecule has 0 aliphatic rings. The topological polar surface area (TPSA) is 55.8 Å². The summed E-state index contributed by atoms with van der Waals surface area (Å²) < 4.78 is 11.2. The Balaban J connectivity index is 3.50. The van der Waals surface area contributed by atoms with Crippen LogP contribution in [0, 0.1) is 0 Å². The van der Waals surface area contributed by atoms with Gasteiger partial charge in [0.05, 0.1) is 13.2 Å². The highest BCUT2D eigenvalue weighted by Crippen LogP contribution is 2.13. The molecule has 0 heterocycles. The lowest BCUT2D eigenvalue weighted by molar-refractivity contribution is -0.154. The number of allylic oxidation sites excluding steroid dienone is 14. The Morgan fingerprint density at radius 1 is 0.463 bits per heavy atom. The van der Waals surface area contributed by atoms with Crippen molar-refractivity contribution >= 4 is 5.97 Å². The predicted octanol–water partition coefficient (Wildman–Crippen LogP) is 15.2. The Labute approximate surface area is 335 Å². The van der Waals surface area contributed by atoms with Crippen LogP contribution in [0.4, 0.5) is 0 Å². The fourth-order valence-corrected chi connectivity index (χ4v) is 6.09. The second kappa shape index (κ2) is 46.7. The highest BCUT2D eigenvalue weighted by Gasteiger charge is 2.13. The van der Waals surface area contributed by atoms with Gasteiger partial charge in [0.2, 0.25) is 0 Å². The van der Waals surface area contributed by atoms with Gasteiger partial charge in [-0.05, 0) is 89.9 Å². The van der Waals surface area contributed by atoms with Crippen LogP contribution in [0.3, 0.4) is 0 Å². The number of esters is 1. The number of carbonyl (C=O) groups excluding carboxylic acids is 1. The third-order valence-corrected chi connectivity index (χ3v) is 9.45. The smallest absolute Gasteiger partial charge is 0.306 e. The maximum Gasteiger partial charge on any atom is 0.306 e. The molecule has 310 valence electrons. The first-order chi connectivity index (χ1) is 26.7. The van der Waals surface area contributed by atoms with Gasteiger partial charge in [0.1, 0.15) is 6.10 Å². The zero-order valence-corrected chi connectivity index (χ0v) is 35.5. The SMILES string of the molecule is CC/C=C\C/C=C\C/C=C\C/C=C\C/C=C\CCCCCCCCCCCC(=O)OC(CO)COCCCCCCCC/C=C\C/C=C\CCCCCC. The van der Waals surface area contributed by atoms with Gasteiger partial charge in [0.15, 0.2) is 0 Å². The van der Waals surface area contributed by atoms with E-state index in [4.69, 9.17) is 9.47 Å². The molecule has 0 aliphatic carbocycles. The molecule has 1 unspecified atom stereocenters. The van der Waals surface area contributed by atoms with Crippen LogP contribution in [0.2, 0.25) is 0 Å². The van der Waals surface area contributed by atoms with E-state index in [1.807, 2.05) is 0 Å². The van der Waals surface area contributed by atoms with E-state index in [1.165, 1.54) is 116 Å².